The van der Waals surface area contributed by atoms with Gasteiger partial charge in [-0.15, -0.1) is 0 Å². The largest absolute Gasteiger partial charge is 0.370 e. The predicted molar refractivity (Wildman–Crippen MR) is 112 cm³/mol. The van der Waals surface area contributed by atoms with E-state index in [1.165, 1.54) is 0 Å². The maximum Gasteiger partial charge on any atom is 0.101 e. The van der Waals surface area contributed by atoms with Crippen molar-refractivity contribution in [3.8, 4) is 6.07 Å². The number of morpholine rings is 1. The quantitative estimate of drug-likeness (QED) is 0.880. The highest BCUT2D eigenvalue weighted by molar-refractivity contribution is 5.95. The normalized spacial score (nSPS) is 26.3. The lowest BCUT2D eigenvalue weighted by Crippen LogP contribution is -2.56. The molecule has 1 aromatic heterocycles. The fourth-order valence-corrected chi connectivity index (χ4v) is 4.49. The van der Waals surface area contributed by atoms with E-state index in [1.54, 1.807) is 6.20 Å². The third-order valence-corrected chi connectivity index (χ3v) is 5.83. The van der Waals surface area contributed by atoms with Gasteiger partial charge in [0.15, 0.2) is 0 Å². The van der Waals surface area contributed by atoms with Crippen LogP contribution in [0.3, 0.4) is 0 Å². The monoisotopic (exact) mass is 379 g/mol. The van der Waals surface area contributed by atoms with E-state index in [9.17, 15) is 5.26 Å². The fourth-order valence-electron chi connectivity index (χ4n) is 4.49. The van der Waals surface area contributed by atoms with Crippen LogP contribution in [0.5, 0.6) is 0 Å². The number of ether oxygens (including phenoxy) is 1. The van der Waals surface area contributed by atoms with E-state index in [-0.39, 0.29) is 12.2 Å². The van der Waals surface area contributed by atoms with Gasteiger partial charge in [-0.2, -0.15) is 5.26 Å². The Labute approximate surface area is 167 Å². The summed E-state index contributed by atoms with van der Waals surface area (Å²) in [6, 6.07) is 10.8. The number of nitriles is 1. The molecule has 1 N–H and O–H groups in total. The summed E-state index contributed by atoms with van der Waals surface area (Å²) in [7, 11) is 0. The van der Waals surface area contributed by atoms with Crippen LogP contribution in [0.4, 0.5) is 5.69 Å². The zero-order chi connectivity index (χ0) is 19.5. The van der Waals surface area contributed by atoms with Crippen LogP contribution < -0.4 is 10.2 Å². The number of benzene rings is 1. The van der Waals surface area contributed by atoms with Crippen LogP contribution in [0.2, 0.25) is 0 Å². The minimum atomic E-state index is 0.172. The molecule has 2 saturated heterocycles. The summed E-state index contributed by atoms with van der Waals surface area (Å²) < 4.78 is 6.29. The second-order valence-corrected chi connectivity index (χ2v) is 7.94. The Morgan fingerprint density at radius 1 is 1.29 bits per heavy atom. The van der Waals surface area contributed by atoms with Crippen molar-refractivity contribution < 1.29 is 4.74 Å². The molecule has 1 aromatic carbocycles. The SMILES string of the molecule is CC[C@H]1CN(C[C@@H]2CN(c3ccc(C#N)c4ncccc34)C[C@@H](C)O2)CCN1. The molecule has 2 fully saturated rings. The third kappa shape index (κ3) is 3.97. The Kier molecular flexibility index (Phi) is 5.77. The molecule has 2 aliphatic heterocycles. The molecule has 6 heteroatoms. The number of piperazine rings is 1. The lowest BCUT2D eigenvalue weighted by Gasteiger charge is -2.42. The van der Waals surface area contributed by atoms with Crippen molar-refractivity contribution in [2.45, 2.75) is 38.5 Å². The number of nitrogens with one attached hydrogen (secondary N) is 1. The molecule has 0 bridgehead atoms. The van der Waals surface area contributed by atoms with E-state index in [0.717, 1.165) is 62.3 Å². The first-order chi connectivity index (χ1) is 13.7. The lowest BCUT2D eigenvalue weighted by molar-refractivity contribution is -0.0353. The zero-order valence-electron chi connectivity index (χ0n) is 16.8. The molecule has 3 atom stereocenters. The summed E-state index contributed by atoms with van der Waals surface area (Å²) in [4.78, 5) is 9.40. The van der Waals surface area contributed by atoms with Gasteiger partial charge in [-0.3, -0.25) is 9.88 Å². The number of anilines is 1. The first-order valence-corrected chi connectivity index (χ1v) is 10.3. The lowest BCUT2D eigenvalue weighted by atomic mass is 10.1. The van der Waals surface area contributed by atoms with Gasteiger partial charge in [0, 0.05) is 62.6 Å². The summed E-state index contributed by atoms with van der Waals surface area (Å²) in [5.74, 6) is 0. The average molecular weight is 380 g/mol. The van der Waals surface area contributed by atoms with Crippen LogP contribution >= 0.6 is 0 Å². The van der Waals surface area contributed by atoms with Crippen LogP contribution in [0.25, 0.3) is 10.9 Å². The molecule has 4 rings (SSSR count). The molecule has 2 aromatic rings. The Hall–Kier alpha value is -2.20. The minimum Gasteiger partial charge on any atom is -0.370 e. The topological polar surface area (TPSA) is 64.4 Å². The standard InChI is InChI=1S/C22H29N5O/c1-3-18-13-26(10-9-24-18)14-19-15-27(12-16(2)28-19)21-7-6-17(11-23)22-20(21)5-4-8-25-22/h4-8,16,18-19,24H,3,9-10,12-15H2,1-2H3/t16-,18+,19-/m1/s1. The summed E-state index contributed by atoms with van der Waals surface area (Å²) in [6.07, 6.45) is 3.27. The first-order valence-electron chi connectivity index (χ1n) is 10.3. The van der Waals surface area contributed by atoms with Gasteiger partial charge >= 0.3 is 0 Å². The molecular weight excluding hydrogens is 350 g/mol. The molecule has 0 amide bonds. The van der Waals surface area contributed by atoms with Crippen molar-refractivity contribution in [1.29, 1.82) is 5.26 Å². The third-order valence-electron chi connectivity index (χ3n) is 5.83. The van der Waals surface area contributed by atoms with Crippen LogP contribution in [0.15, 0.2) is 30.5 Å². The highest BCUT2D eigenvalue weighted by Crippen LogP contribution is 2.30. The minimum absolute atomic E-state index is 0.172. The molecule has 6 nitrogen and oxygen atoms in total. The van der Waals surface area contributed by atoms with Gasteiger partial charge in [0.05, 0.1) is 23.3 Å². The average Bonchev–Trinajstić information content (AvgIpc) is 2.72. The van der Waals surface area contributed by atoms with E-state index in [2.05, 4.69) is 52.2 Å². The molecular formula is C22H29N5O. The molecule has 0 saturated carbocycles. The van der Waals surface area contributed by atoms with Crippen molar-refractivity contribution in [3.05, 3.63) is 36.0 Å². The van der Waals surface area contributed by atoms with E-state index in [4.69, 9.17) is 4.74 Å². The van der Waals surface area contributed by atoms with E-state index in [0.29, 0.717) is 11.6 Å². The van der Waals surface area contributed by atoms with E-state index in [1.807, 2.05) is 12.1 Å². The number of hydrogen-bond acceptors (Lipinski definition) is 6. The first kappa shape index (κ1) is 19.1. The Bertz CT molecular complexity index is 864. The van der Waals surface area contributed by atoms with Gasteiger partial charge in [0.2, 0.25) is 0 Å². The van der Waals surface area contributed by atoms with Crippen molar-refractivity contribution in [2.24, 2.45) is 0 Å². The Morgan fingerprint density at radius 3 is 3.00 bits per heavy atom. The van der Waals surface area contributed by atoms with Crippen LogP contribution in [-0.2, 0) is 4.74 Å². The summed E-state index contributed by atoms with van der Waals surface area (Å²) in [6.45, 7) is 10.3. The van der Waals surface area contributed by atoms with Gasteiger partial charge in [-0.1, -0.05) is 6.92 Å². The van der Waals surface area contributed by atoms with Gasteiger partial charge in [0.1, 0.15) is 6.07 Å². The summed E-state index contributed by atoms with van der Waals surface area (Å²) in [5, 5.41) is 14.0. The smallest absolute Gasteiger partial charge is 0.101 e. The number of hydrogen-bond donors (Lipinski definition) is 1. The number of nitrogens with zero attached hydrogens (tertiary/aromatic N) is 4. The van der Waals surface area contributed by atoms with E-state index >= 15 is 0 Å². The Morgan fingerprint density at radius 2 is 2.18 bits per heavy atom. The summed E-state index contributed by atoms with van der Waals surface area (Å²) in [5.41, 5.74) is 2.56. The van der Waals surface area contributed by atoms with Crippen LogP contribution in [0.1, 0.15) is 25.8 Å². The highest BCUT2D eigenvalue weighted by Gasteiger charge is 2.29. The molecule has 148 valence electrons. The fraction of sp³-hybridized carbons (Fsp3) is 0.545. The van der Waals surface area contributed by atoms with Gasteiger partial charge in [-0.05, 0) is 37.6 Å². The second kappa shape index (κ2) is 8.44. The highest BCUT2D eigenvalue weighted by atomic mass is 16.5. The van der Waals surface area contributed by atoms with Crippen LogP contribution in [-0.4, -0.2) is 67.4 Å². The molecule has 0 radical (unpaired) electrons. The molecule has 28 heavy (non-hydrogen) atoms. The molecule has 0 spiro atoms. The zero-order valence-corrected chi connectivity index (χ0v) is 16.8. The van der Waals surface area contributed by atoms with Crippen molar-refractivity contribution in [1.82, 2.24) is 15.2 Å². The van der Waals surface area contributed by atoms with Gasteiger partial charge < -0.3 is 15.0 Å². The summed E-state index contributed by atoms with van der Waals surface area (Å²) >= 11 is 0. The van der Waals surface area contributed by atoms with Crippen molar-refractivity contribution in [2.75, 3.05) is 44.2 Å². The number of fused-ring (bicyclic) bond motifs is 1. The molecule has 0 unspecified atom stereocenters. The van der Waals surface area contributed by atoms with Crippen molar-refractivity contribution >= 4 is 16.6 Å². The Balaban J connectivity index is 1.54. The van der Waals surface area contributed by atoms with E-state index < -0.39 is 0 Å². The maximum atomic E-state index is 9.41. The number of pyridine rings is 1. The maximum absolute atomic E-state index is 9.41. The molecule has 2 aliphatic rings. The van der Waals surface area contributed by atoms with Gasteiger partial charge in [0.25, 0.3) is 0 Å². The predicted octanol–water partition coefficient (Wildman–Crippen LogP) is 2.38. The number of rotatable bonds is 4. The number of aromatic nitrogens is 1. The van der Waals surface area contributed by atoms with Crippen LogP contribution in [0, 0.1) is 11.3 Å². The van der Waals surface area contributed by atoms with Crippen molar-refractivity contribution in [3.63, 3.8) is 0 Å². The second-order valence-electron chi connectivity index (χ2n) is 7.94. The molecule has 0 aliphatic carbocycles. The van der Waals surface area contributed by atoms with Gasteiger partial charge in [-0.25, -0.2) is 0 Å². The molecule has 3 heterocycles.